The normalized spacial score (nSPS) is 18.4. The number of aromatic hydroxyl groups is 1. The van der Waals surface area contributed by atoms with Crippen LogP contribution in [0, 0.1) is 0 Å². The average molecular weight is 313 g/mol. The summed E-state index contributed by atoms with van der Waals surface area (Å²) in [6.45, 7) is 0.551. The zero-order valence-corrected chi connectivity index (χ0v) is 13.4. The third-order valence-corrected chi connectivity index (χ3v) is 5.39. The summed E-state index contributed by atoms with van der Waals surface area (Å²) in [4.78, 5) is 12.2. The molecule has 4 rings (SSSR count). The van der Waals surface area contributed by atoms with Gasteiger partial charge in [-0.2, -0.15) is 0 Å². The van der Waals surface area contributed by atoms with Gasteiger partial charge >= 0.3 is 5.63 Å². The van der Waals surface area contributed by atoms with Crippen LogP contribution in [0.5, 0.6) is 5.75 Å². The van der Waals surface area contributed by atoms with E-state index < -0.39 is 0 Å². The van der Waals surface area contributed by atoms with E-state index in [2.05, 4.69) is 5.32 Å². The smallest absolute Gasteiger partial charge is 0.339 e. The van der Waals surface area contributed by atoms with Crippen molar-refractivity contribution in [2.75, 3.05) is 0 Å². The molecule has 1 aromatic carbocycles. The Labute approximate surface area is 135 Å². The highest BCUT2D eigenvalue weighted by molar-refractivity contribution is 5.86. The minimum atomic E-state index is -0.227. The zero-order valence-electron chi connectivity index (χ0n) is 13.4. The van der Waals surface area contributed by atoms with Crippen LogP contribution in [0.3, 0.4) is 0 Å². The fraction of sp³-hybridized carbons (Fsp3) is 0.526. The number of hydrogen-bond acceptors (Lipinski definition) is 4. The molecule has 0 bridgehead atoms. The Morgan fingerprint density at radius 1 is 1.09 bits per heavy atom. The lowest BCUT2D eigenvalue weighted by molar-refractivity contribution is 0.368. The van der Waals surface area contributed by atoms with Crippen LogP contribution < -0.4 is 10.9 Å². The first-order valence-corrected chi connectivity index (χ1v) is 8.77. The quantitative estimate of drug-likeness (QED) is 0.853. The van der Waals surface area contributed by atoms with E-state index in [4.69, 9.17) is 4.42 Å². The second kappa shape index (κ2) is 6.00. The van der Waals surface area contributed by atoms with Gasteiger partial charge in [0.1, 0.15) is 11.3 Å². The van der Waals surface area contributed by atoms with Crippen LogP contribution in [0.1, 0.15) is 55.2 Å². The molecule has 0 spiro atoms. The zero-order chi connectivity index (χ0) is 15.8. The topological polar surface area (TPSA) is 62.5 Å². The highest BCUT2D eigenvalue weighted by Crippen LogP contribution is 2.33. The molecule has 1 heterocycles. The van der Waals surface area contributed by atoms with Gasteiger partial charge in [-0.15, -0.1) is 0 Å². The SMILES string of the molecule is O=c1oc2c(CNC3CCCCC3)c(O)ccc2c2c1CCC2. The molecule has 0 amide bonds. The second-order valence-electron chi connectivity index (χ2n) is 6.86. The van der Waals surface area contributed by atoms with Crippen molar-refractivity contribution in [3.8, 4) is 5.75 Å². The highest BCUT2D eigenvalue weighted by atomic mass is 16.4. The molecule has 1 fully saturated rings. The van der Waals surface area contributed by atoms with Crippen molar-refractivity contribution in [1.29, 1.82) is 0 Å². The van der Waals surface area contributed by atoms with E-state index >= 15 is 0 Å². The summed E-state index contributed by atoms with van der Waals surface area (Å²) in [6, 6.07) is 4.13. The second-order valence-corrected chi connectivity index (χ2v) is 6.86. The predicted octanol–water partition coefficient (Wildman–Crippen LogP) is 3.41. The molecule has 0 saturated heterocycles. The molecule has 0 radical (unpaired) electrons. The largest absolute Gasteiger partial charge is 0.507 e. The van der Waals surface area contributed by atoms with E-state index in [0.29, 0.717) is 18.2 Å². The van der Waals surface area contributed by atoms with Crippen LogP contribution in [0.2, 0.25) is 0 Å². The van der Waals surface area contributed by atoms with Crippen molar-refractivity contribution in [3.05, 3.63) is 39.2 Å². The third kappa shape index (κ3) is 2.65. The third-order valence-electron chi connectivity index (χ3n) is 5.39. The van der Waals surface area contributed by atoms with Crippen LogP contribution in [0.15, 0.2) is 21.3 Å². The van der Waals surface area contributed by atoms with E-state index in [9.17, 15) is 9.90 Å². The van der Waals surface area contributed by atoms with Gasteiger partial charge in [0.15, 0.2) is 0 Å². The minimum absolute atomic E-state index is 0.210. The first-order valence-electron chi connectivity index (χ1n) is 8.77. The number of nitrogens with one attached hydrogen (secondary N) is 1. The van der Waals surface area contributed by atoms with E-state index in [-0.39, 0.29) is 11.4 Å². The number of benzene rings is 1. The van der Waals surface area contributed by atoms with Crippen LogP contribution in [0.25, 0.3) is 11.0 Å². The summed E-state index contributed by atoms with van der Waals surface area (Å²) in [5, 5.41) is 14.8. The Balaban J connectivity index is 1.72. The standard InChI is InChI=1S/C19H23NO3/c21-17-10-9-14-13-7-4-8-15(13)19(22)23-18(14)16(17)11-20-12-5-2-1-3-6-12/h9-10,12,20-21H,1-8,11H2. The fourth-order valence-electron chi connectivity index (χ4n) is 4.12. The molecule has 4 nitrogen and oxygen atoms in total. The molecule has 0 unspecified atom stereocenters. The predicted molar refractivity (Wildman–Crippen MR) is 89.9 cm³/mol. The first kappa shape index (κ1) is 14.8. The lowest BCUT2D eigenvalue weighted by Crippen LogP contribution is -2.30. The Morgan fingerprint density at radius 2 is 1.87 bits per heavy atom. The molecule has 2 aromatic rings. The average Bonchev–Trinajstić information content (AvgIpc) is 3.05. The molecule has 23 heavy (non-hydrogen) atoms. The molecule has 2 N–H and O–H groups in total. The maximum absolute atomic E-state index is 12.2. The summed E-state index contributed by atoms with van der Waals surface area (Å²) in [6.07, 6.45) is 8.97. The number of hydrogen-bond donors (Lipinski definition) is 2. The van der Waals surface area contributed by atoms with Gasteiger partial charge in [0.05, 0.1) is 5.56 Å². The molecular weight excluding hydrogens is 290 g/mol. The fourth-order valence-corrected chi connectivity index (χ4v) is 4.12. The van der Waals surface area contributed by atoms with Crippen molar-refractivity contribution >= 4 is 11.0 Å². The van der Waals surface area contributed by atoms with Crippen LogP contribution in [0.4, 0.5) is 0 Å². The van der Waals surface area contributed by atoms with Gasteiger partial charge < -0.3 is 14.8 Å². The van der Waals surface area contributed by atoms with E-state index in [1.54, 1.807) is 6.07 Å². The van der Waals surface area contributed by atoms with Crippen LogP contribution in [-0.2, 0) is 19.4 Å². The summed E-state index contributed by atoms with van der Waals surface area (Å²) in [7, 11) is 0. The molecule has 0 aliphatic heterocycles. The monoisotopic (exact) mass is 313 g/mol. The molecule has 4 heteroatoms. The Kier molecular flexibility index (Phi) is 3.85. The maximum Gasteiger partial charge on any atom is 0.339 e. The molecule has 2 aliphatic rings. The molecule has 2 aliphatic carbocycles. The first-order chi connectivity index (χ1) is 11.2. The Morgan fingerprint density at radius 3 is 2.70 bits per heavy atom. The number of phenols is 1. The summed E-state index contributed by atoms with van der Waals surface area (Å²) < 4.78 is 5.60. The van der Waals surface area contributed by atoms with Gasteiger partial charge in [0.2, 0.25) is 0 Å². The van der Waals surface area contributed by atoms with E-state index in [0.717, 1.165) is 41.3 Å². The van der Waals surface area contributed by atoms with E-state index in [1.165, 1.54) is 32.1 Å². The number of aryl methyl sites for hydroxylation is 1. The van der Waals surface area contributed by atoms with Crippen molar-refractivity contribution in [1.82, 2.24) is 5.32 Å². The summed E-state index contributed by atoms with van der Waals surface area (Å²) in [5.74, 6) is 0.210. The molecule has 122 valence electrons. The molecule has 1 aromatic heterocycles. The van der Waals surface area contributed by atoms with Crippen molar-refractivity contribution in [2.45, 2.75) is 64.0 Å². The minimum Gasteiger partial charge on any atom is -0.507 e. The van der Waals surface area contributed by atoms with Gasteiger partial charge in [0.25, 0.3) is 0 Å². The lowest BCUT2D eigenvalue weighted by atomic mass is 9.95. The van der Waals surface area contributed by atoms with Gasteiger partial charge in [-0.25, -0.2) is 4.79 Å². The van der Waals surface area contributed by atoms with Crippen molar-refractivity contribution in [2.24, 2.45) is 0 Å². The van der Waals surface area contributed by atoms with E-state index in [1.807, 2.05) is 6.07 Å². The van der Waals surface area contributed by atoms with Crippen LogP contribution in [-0.4, -0.2) is 11.1 Å². The Hall–Kier alpha value is -1.81. The van der Waals surface area contributed by atoms with Gasteiger partial charge in [0, 0.05) is 23.5 Å². The molecule has 0 atom stereocenters. The van der Waals surface area contributed by atoms with Gasteiger partial charge in [-0.1, -0.05) is 19.3 Å². The van der Waals surface area contributed by atoms with Crippen LogP contribution >= 0.6 is 0 Å². The number of rotatable bonds is 3. The number of fused-ring (bicyclic) bond motifs is 3. The van der Waals surface area contributed by atoms with Crippen molar-refractivity contribution < 1.29 is 9.52 Å². The molecule has 1 saturated carbocycles. The lowest BCUT2D eigenvalue weighted by Gasteiger charge is -2.23. The summed E-state index contributed by atoms with van der Waals surface area (Å²) >= 11 is 0. The number of phenolic OH excluding ortho intramolecular Hbond substituents is 1. The molecular formula is C19H23NO3. The highest BCUT2D eigenvalue weighted by Gasteiger charge is 2.22. The van der Waals surface area contributed by atoms with Gasteiger partial charge in [-0.05, 0) is 49.8 Å². The van der Waals surface area contributed by atoms with Crippen molar-refractivity contribution in [3.63, 3.8) is 0 Å². The van der Waals surface area contributed by atoms with Gasteiger partial charge in [-0.3, -0.25) is 0 Å². The Bertz CT molecular complexity index is 787. The maximum atomic E-state index is 12.2. The summed E-state index contributed by atoms with van der Waals surface area (Å²) in [5.41, 5.74) is 3.01.